The Balaban J connectivity index is 1.74. The Morgan fingerprint density at radius 2 is 1.63 bits per heavy atom. The largest absolute Gasteiger partial charge is 0.497 e. The molecule has 0 saturated heterocycles. The van der Waals surface area contributed by atoms with Gasteiger partial charge in [0.25, 0.3) is 5.56 Å². The van der Waals surface area contributed by atoms with Gasteiger partial charge < -0.3 is 14.8 Å². The molecular formula is C26H21F2N3O4. The van der Waals surface area contributed by atoms with Crippen LogP contribution in [0.3, 0.4) is 0 Å². The highest BCUT2D eigenvalue weighted by molar-refractivity contribution is 5.93. The third kappa shape index (κ3) is 5.52. The van der Waals surface area contributed by atoms with Crippen LogP contribution in [-0.2, 0) is 4.79 Å². The lowest BCUT2D eigenvalue weighted by atomic mass is 10.1. The first-order valence-corrected chi connectivity index (χ1v) is 10.6. The van der Waals surface area contributed by atoms with Crippen LogP contribution in [0.15, 0.2) is 83.7 Å². The molecular weight excluding hydrogens is 456 g/mol. The van der Waals surface area contributed by atoms with Gasteiger partial charge in [-0.3, -0.25) is 9.59 Å². The number of hydrogen-bond donors (Lipinski definition) is 1. The van der Waals surface area contributed by atoms with Gasteiger partial charge in [0.1, 0.15) is 34.9 Å². The second-order valence-corrected chi connectivity index (χ2v) is 7.61. The number of benzene rings is 3. The van der Waals surface area contributed by atoms with Gasteiger partial charge in [0.05, 0.1) is 13.2 Å². The van der Waals surface area contributed by atoms with Crippen molar-refractivity contribution >= 4 is 11.6 Å². The quantitative estimate of drug-likeness (QED) is 0.396. The van der Waals surface area contributed by atoms with Crippen molar-refractivity contribution in [2.24, 2.45) is 0 Å². The summed E-state index contributed by atoms with van der Waals surface area (Å²) in [5.41, 5.74) is 0.202. The Hall–Kier alpha value is -4.53. The van der Waals surface area contributed by atoms with Crippen molar-refractivity contribution in [1.29, 1.82) is 0 Å². The number of hydrogen-bond acceptors (Lipinski definition) is 5. The summed E-state index contributed by atoms with van der Waals surface area (Å²) in [7, 11) is 1.52. The smallest absolute Gasteiger partial charge is 0.271 e. The number of para-hydroxylation sites is 1. The van der Waals surface area contributed by atoms with Gasteiger partial charge in [0.2, 0.25) is 5.91 Å². The monoisotopic (exact) mass is 477 g/mol. The zero-order chi connectivity index (χ0) is 24.9. The van der Waals surface area contributed by atoms with Gasteiger partial charge in [-0.15, -0.1) is 0 Å². The third-order valence-corrected chi connectivity index (χ3v) is 5.11. The summed E-state index contributed by atoms with van der Waals surface area (Å²) in [6.07, 6.45) is 0. The molecule has 0 fully saturated rings. The van der Waals surface area contributed by atoms with Gasteiger partial charge in [-0.1, -0.05) is 30.3 Å². The van der Waals surface area contributed by atoms with Crippen molar-refractivity contribution in [2.45, 2.75) is 13.0 Å². The highest BCUT2D eigenvalue weighted by atomic mass is 19.1. The molecule has 1 aromatic heterocycles. The Bertz CT molecular complexity index is 1400. The van der Waals surface area contributed by atoms with E-state index in [0.717, 1.165) is 16.8 Å². The van der Waals surface area contributed by atoms with Gasteiger partial charge in [-0.05, 0) is 43.3 Å². The number of aromatic nitrogens is 2. The standard InChI is InChI=1S/C26H21F2N3O4/c1-16(26(33)29-20-13-18(27)12-19(28)14-20)31-24(32)15-23(35-21-8-4-3-5-9-21)25(30-31)17-7-6-10-22(11-17)34-2/h3-16H,1-2H3,(H,29,33). The van der Waals surface area contributed by atoms with Gasteiger partial charge in [-0.2, -0.15) is 5.10 Å². The van der Waals surface area contributed by atoms with E-state index in [-0.39, 0.29) is 11.4 Å². The number of rotatable bonds is 7. The molecule has 0 bridgehead atoms. The first kappa shape index (κ1) is 23.6. The molecule has 0 saturated carbocycles. The van der Waals surface area contributed by atoms with Gasteiger partial charge >= 0.3 is 0 Å². The minimum absolute atomic E-state index is 0.0792. The Morgan fingerprint density at radius 1 is 0.943 bits per heavy atom. The second-order valence-electron chi connectivity index (χ2n) is 7.61. The van der Waals surface area contributed by atoms with Crippen LogP contribution in [0.5, 0.6) is 17.2 Å². The molecule has 0 aliphatic carbocycles. The van der Waals surface area contributed by atoms with Crippen LogP contribution in [0.2, 0.25) is 0 Å². The van der Waals surface area contributed by atoms with Crippen molar-refractivity contribution in [3.63, 3.8) is 0 Å². The normalized spacial score (nSPS) is 11.5. The zero-order valence-electron chi connectivity index (χ0n) is 18.9. The number of carbonyl (C=O) groups is 1. The highest BCUT2D eigenvalue weighted by Gasteiger charge is 2.22. The van der Waals surface area contributed by atoms with E-state index in [0.29, 0.717) is 28.8 Å². The molecule has 1 atom stereocenters. The van der Waals surface area contributed by atoms with Crippen LogP contribution in [0.4, 0.5) is 14.5 Å². The maximum Gasteiger partial charge on any atom is 0.271 e. The first-order chi connectivity index (χ1) is 16.8. The molecule has 1 amide bonds. The number of methoxy groups -OCH3 is 1. The van der Waals surface area contributed by atoms with E-state index in [1.165, 1.54) is 20.1 Å². The van der Waals surface area contributed by atoms with E-state index < -0.39 is 29.1 Å². The molecule has 0 spiro atoms. The summed E-state index contributed by atoms with van der Waals surface area (Å²) < 4.78 is 39.2. The number of carbonyl (C=O) groups excluding carboxylic acids is 1. The molecule has 4 rings (SSSR count). The predicted octanol–water partition coefficient (Wildman–Crippen LogP) is 5.19. The fraction of sp³-hybridized carbons (Fsp3) is 0.115. The van der Waals surface area contributed by atoms with Crippen molar-refractivity contribution in [3.05, 3.63) is 101 Å². The molecule has 3 aromatic carbocycles. The average Bonchev–Trinajstić information content (AvgIpc) is 2.84. The van der Waals surface area contributed by atoms with Crippen LogP contribution in [-0.4, -0.2) is 22.8 Å². The predicted molar refractivity (Wildman–Crippen MR) is 127 cm³/mol. The minimum Gasteiger partial charge on any atom is -0.497 e. The summed E-state index contributed by atoms with van der Waals surface area (Å²) >= 11 is 0. The lowest BCUT2D eigenvalue weighted by Crippen LogP contribution is -2.33. The summed E-state index contributed by atoms with van der Waals surface area (Å²) in [6.45, 7) is 1.45. The number of anilines is 1. The fourth-order valence-electron chi connectivity index (χ4n) is 3.38. The van der Waals surface area contributed by atoms with E-state index in [1.807, 2.05) is 6.07 Å². The van der Waals surface area contributed by atoms with Crippen LogP contribution in [0.1, 0.15) is 13.0 Å². The van der Waals surface area contributed by atoms with Crippen LogP contribution in [0, 0.1) is 11.6 Å². The summed E-state index contributed by atoms with van der Waals surface area (Å²) in [5.74, 6) is -1.12. The van der Waals surface area contributed by atoms with E-state index >= 15 is 0 Å². The van der Waals surface area contributed by atoms with Crippen LogP contribution in [0.25, 0.3) is 11.3 Å². The van der Waals surface area contributed by atoms with Crippen molar-refractivity contribution in [3.8, 4) is 28.5 Å². The number of halogens is 2. The fourth-order valence-corrected chi connectivity index (χ4v) is 3.38. The van der Waals surface area contributed by atoms with E-state index in [1.54, 1.807) is 48.5 Å². The van der Waals surface area contributed by atoms with Crippen molar-refractivity contribution in [2.75, 3.05) is 12.4 Å². The summed E-state index contributed by atoms with van der Waals surface area (Å²) in [4.78, 5) is 25.7. The van der Waals surface area contributed by atoms with E-state index in [2.05, 4.69) is 10.4 Å². The Labute approximate surface area is 199 Å². The molecule has 35 heavy (non-hydrogen) atoms. The summed E-state index contributed by atoms with van der Waals surface area (Å²) in [5, 5.41) is 6.84. The SMILES string of the molecule is COc1cccc(-c2nn(C(C)C(=O)Nc3cc(F)cc(F)c3)c(=O)cc2Oc2ccccc2)c1. The van der Waals surface area contributed by atoms with Crippen molar-refractivity contribution < 1.29 is 23.0 Å². The molecule has 1 N–H and O–H groups in total. The lowest BCUT2D eigenvalue weighted by molar-refractivity contribution is -0.119. The van der Waals surface area contributed by atoms with Crippen LogP contribution < -0.4 is 20.3 Å². The molecule has 7 nitrogen and oxygen atoms in total. The maximum absolute atomic E-state index is 13.5. The topological polar surface area (TPSA) is 82.5 Å². The first-order valence-electron chi connectivity index (χ1n) is 10.6. The van der Waals surface area contributed by atoms with E-state index in [4.69, 9.17) is 9.47 Å². The highest BCUT2D eigenvalue weighted by Crippen LogP contribution is 2.32. The molecule has 1 unspecified atom stereocenters. The molecule has 1 heterocycles. The molecule has 0 radical (unpaired) electrons. The van der Waals surface area contributed by atoms with Crippen molar-refractivity contribution in [1.82, 2.24) is 9.78 Å². The second kappa shape index (κ2) is 10.2. The maximum atomic E-state index is 13.5. The molecule has 0 aliphatic heterocycles. The number of amides is 1. The van der Waals surface area contributed by atoms with Gasteiger partial charge in [0.15, 0.2) is 5.75 Å². The molecule has 0 aliphatic rings. The lowest BCUT2D eigenvalue weighted by Gasteiger charge is -2.17. The van der Waals surface area contributed by atoms with Crippen LogP contribution >= 0.6 is 0 Å². The minimum atomic E-state index is -1.11. The number of nitrogens with one attached hydrogen (secondary N) is 1. The van der Waals surface area contributed by atoms with Gasteiger partial charge in [0, 0.05) is 17.3 Å². The number of nitrogens with zero attached hydrogens (tertiary/aromatic N) is 2. The third-order valence-electron chi connectivity index (χ3n) is 5.11. The molecule has 4 aromatic rings. The zero-order valence-corrected chi connectivity index (χ0v) is 18.9. The number of ether oxygens (including phenoxy) is 2. The summed E-state index contributed by atoms with van der Waals surface area (Å²) in [6, 6.07) is 18.6. The molecule has 9 heteroatoms. The Morgan fingerprint density at radius 3 is 2.31 bits per heavy atom. The molecule has 178 valence electrons. The average molecular weight is 477 g/mol. The Kier molecular flexibility index (Phi) is 6.86. The van der Waals surface area contributed by atoms with E-state index in [9.17, 15) is 18.4 Å². The van der Waals surface area contributed by atoms with Gasteiger partial charge in [-0.25, -0.2) is 13.5 Å².